The number of hydrogen-bond donors (Lipinski definition) is 1. The Balaban J connectivity index is 1.68. The minimum absolute atomic E-state index is 0.0379. The van der Waals surface area contributed by atoms with E-state index in [2.05, 4.69) is 5.32 Å². The molecule has 2 aromatic carbocycles. The summed E-state index contributed by atoms with van der Waals surface area (Å²) in [5.41, 5.74) is 3.23. The number of carbonyl (C=O) groups is 2. The summed E-state index contributed by atoms with van der Waals surface area (Å²) in [7, 11) is 0. The summed E-state index contributed by atoms with van der Waals surface area (Å²) >= 11 is 0. The van der Waals surface area contributed by atoms with Crippen molar-refractivity contribution < 1.29 is 19.1 Å². The van der Waals surface area contributed by atoms with Gasteiger partial charge in [0, 0.05) is 12.2 Å². The van der Waals surface area contributed by atoms with E-state index in [0.717, 1.165) is 16.9 Å². The van der Waals surface area contributed by atoms with E-state index in [1.165, 1.54) is 0 Å². The van der Waals surface area contributed by atoms with Crippen LogP contribution in [0.4, 0.5) is 11.4 Å². The average Bonchev–Trinajstić information content (AvgIpc) is 2.61. The summed E-state index contributed by atoms with van der Waals surface area (Å²) in [4.78, 5) is 25.8. The predicted molar refractivity (Wildman–Crippen MR) is 100 cm³/mol. The van der Waals surface area contributed by atoms with Gasteiger partial charge in [-0.15, -0.1) is 0 Å². The van der Waals surface area contributed by atoms with Gasteiger partial charge in [0.15, 0.2) is 13.2 Å². The molecule has 0 unspecified atom stereocenters. The van der Waals surface area contributed by atoms with Gasteiger partial charge in [0.05, 0.1) is 5.69 Å². The van der Waals surface area contributed by atoms with Gasteiger partial charge >= 0.3 is 0 Å². The first-order valence-electron chi connectivity index (χ1n) is 8.55. The van der Waals surface area contributed by atoms with Gasteiger partial charge in [0.1, 0.15) is 11.5 Å². The highest BCUT2D eigenvalue weighted by molar-refractivity contribution is 5.99. The summed E-state index contributed by atoms with van der Waals surface area (Å²) in [5, 5.41) is 2.80. The van der Waals surface area contributed by atoms with Gasteiger partial charge in [0.2, 0.25) is 0 Å². The Labute approximate surface area is 152 Å². The number of anilines is 2. The number of nitrogens with zero attached hydrogens (tertiary/aromatic N) is 1. The molecule has 136 valence electrons. The van der Waals surface area contributed by atoms with E-state index < -0.39 is 0 Å². The van der Waals surface area contributed by atoms with Crippen LogP contribution in [0.5, 0.6) is 11.5 Å². The highest BCUT2D eigenvalue weighted by Gasteiger charge is 2.24. The third-order valence-corrected chi connectivity index (χ3v) is 4.26. The Kier molecular flexibility index (Phi) is 5.11. The monoisotopic (exact) mass is 354 g/mol. The second-order valence-corrected chi connectivity index (χ2v) is 6.17. The average molecular weight is 354 g/mol. The van der Waals surface area contributed by atoms with E-state index in [1.807, 2.05) is 39.0 Å². The lowest BCUT2D eigenvalue weighted by molar-refractivity contribution is -0.121. The van der Waals surface area contributed by atoms with Crippen LogP contribution in [0.15, 0.2) is 36.4 Å². The number of amides is 2. The number of para-hydroxylation sites is 1. The first-order valence-corrected chi connectivity index (χ1v) is 8.55. The fourth-order valence-electron chi connectivity index (χ4n) is 2.99. The molecule has 0 atom stereocenters. The molecule has 0 fully saturated rings. The molecular weight excluding hydrogens is 332 g/mol. The topological polar surface area (TPSA) is 67.9 Å². The zero-order valence-corrected chi connectivity index (χ0v) is 15.2. The second-order valence-electron chi connectivity index (χ2n) is 6.17. The van der Waals surface area contributed by atoms with Gasteiger partial charge in [0.25, 0.3) is 11.8 Å². The van der Waals surface area contributed by atoms with Crippen molar-refractivity contribution in [3.8, 4) is 11.5 Å². The van der Waals surface area contributed by atoms with Crippen LogP contribution in [0, 0.1) is 13.8 Å². The van der Waals surface area contributed by atoms with E-state index in [4.69, 9.17) is 9.47 Å². The second kappa shape index (κ2) is 7.47. The fraction of sp³-hybridized carbons (Fsp3) is 0.300. The Morgan fingerprint density at radius 3 is 2.65 bits per heavy atom. The first kappa shape index (κ1) is 17.8. The van der Waals surface area contributed by atoms with Crippen molar-refractivity contribution in [2.75, 3.05) is 30.0 Å². The third-order valence-electron chi connectivity index (χ3n) is 4.26. The van der Waals surface area contributed by atoms with Crippen molar-refractivity contribution in [2.45, 2.75) is 20.8 Å². The third kappa shape index (κ3) is 3.64. The predicted octanol–water partition coefficient (Wildman–Crippen LogP) is 3.07. The van der Waals surface area contributed by atoms with Crippen molar-refractivity contribution in [1.29, 1.82) is 0 Å². The fourth-order valence-corrected chi connectivity index (χ4v) is 2.99. The molecule has 0 saturated carbocycles. The van der Waals surface area contributed by atoms with Crippen LogP contribution in [0.2, 0.25) is 0 Å². The maximum atomic E-state index is 12.2. The molecule has 0 bridgehead atoms. The molecular formula is C20H22N2O4. The molecule has 6 heteroatoms. The summed E-state index contributed by atoms with van der Waals surface area (Å²) in [6.45, 7) is 6.28. The summed E-state index contributed by atoms with van der Waals surface area (Å²) < 4.78 is 11.1. The van der Waals surface area contributed by atoms with Crippen LogP contribution in [0.3, 0.4) is 0 Å². The van der Waals surface area contributed by atoms with E-state index in [9.17, 15) is 9.59 Å². The lowest BCUT2D eigenvalue weighted by atomic mass is 10.1. The van der Waals surface area contributed by atoms with Crippen molar-refractivity contribution >= 4 is 23.2 Å². The van der Waals surface area contributed by atoms with Crippen molar-refractivity contribution in [2.24, 2.45) is 0 Å². The van der Waals surface area contributed by atoms with E-state index in [-0.39, 0.29) is 25.0 Å². The molecule has 3 rings (SSSR count). The first-order chi connectivity index (χ1) is 12.5. The lowest BCUT2D eigenvalue weighted by Gasteiger charge is -2.28. The van der Waals surface area contributed by atoms with Gasteiger partial charge in [-0.1, -0.05) is 18.2 Å². The number of carbonyl (C=O) groups excluding carboxylic acids is 2. The van der Waals surface area contributed by atoms with E-state index >= 15 is 0 Å². The Morgan fingerprint density at radius 2 is 1.96 bits per heavy atom. The zero-order chi connectivity index (χ0) is 18.7. The Morgan fingerprint density at radius 1 is 1.23 bits per heavy atom. The number of ether oxygens (including phenoxy) is 2. The van der Waals surface area contributed by atoms with Gasteiger partial charge in [-0.2, -0.15) is 0 Å². The molecule has 6 nitrogen and oxygen atoms in total. The standard InChI is InChI=1S/C20H22N2O4/c1-4-22-16-10-15(8-9-17(16)25-12-19(22)24)21-18(23)11-26-20-13(2)6-5-7-14(20)3/h5-10H,4,11-12H2,1-3H3,(H,21,23). The highest BCUT2D eigenvalue weighted by atomic mass is 16.5. The molecule has 0 spiro atoms. The normalized spacial score (nSPS) is 13.0. The summed E-state index contributed by atoms with van der Waals surface area (Å²) in [5.74, 6) is 1.00. The van der Waals surface area contributed by atoms with Gasteiger partial charge in [-0.25, -0.2) is 0 Å². The van der Waals surface area contributed by atoms with Crippen molar-refractivity contribution in [1.82, 2.24) is 0 Å². The number of nitrogens with one attached hydrogen (secondary N) is 1. The van der Waals surface area contributed by atoms with Crippen LogP contribution >= 0.6 is 0 Å². The van der Waals surface area contributed by atoms with Gasteiger partial charge < -0.3 is 19.7 Å². The summed E-state index contributed by atoms with van der Waals surface area (Å²) in [6.07, 6.45) is 0. The van der Waals surface area contributed by atoms with Crippen LogP contribution in [-0.2, 0) is 9.59 Å². The van der Waals surface area contributed by atoms with Crippen LogP contribution in [0.1, 0.15) is 18.1 Å². The molecule has 1 heterocycles. The van der Waals surface area contributed by atoms with Gasteiger partial charge in [-0.3, -0.25) is 9.59 Å². The maximum absolute atomic E-state index is 12.2. The molecule has 1 N–H and O–H groups in total. The molecule has 0 radical (unpaired) electrons. The molecule has 26 heavy (non-hydrogen) atoms. The molecule has 2 aromatic rings. The lowest BCUT2D eigenvalue weighted by Crippen LogP contribution is -2.38. The largest absolute Gasteiger partial charge is 0.483 e. The number of hydrogen-bond acceptors (Lipinski definition) is 4. The van der Waals surface area contributed by atoms with E-state index in [1.54, 1.807) is 23.1 Å². The van der Waals surface area contributed by atoms with Crippen molar-refractivity contribution in [3.05, 3.63) is 47.5 Å². The number of rotatable bonds is 5. The smallest absolute Gasteiger partial charge is 0.265 e. The van der Waals surface area contributed by atoms with Crippen LogP contribution in [0.25, 0.3) is 0 Å². The summed E-state index contributed by atoms with van der Waals surface area (Å²) in [6, 6.07) is 11.1. The SMILES string of the molecule is CCN1C(=O)COc2ccc(NC(=O)COc3c(C)cccc3C)cc21. The Hall–Kier alpha value is -3.02. The Bertz CT molecular complexity index is 827. The van der Waals surface area contributed by atoms with E-state index in [0.29, 0.717) is 23.7 Å². The number of likely N-dealkylation sites (N-methyl/N-ethyl adjacent to an activating group) is 1. The number of benzene rings is 2. The van der Waals surface area contributed by atoms with Crippen LogP contribution in [-0.4, -0.2) is 31.6 Å². The molecule has 1 aliphatic rings. The quantitative estimate of drug-likeness (QED) is 0.896. The van der Waals surface area contributed by atoms with Gasteiger partial charge in [-0.05, 0) is 50.1 Å². The number of aryl methyl sites for hydroxylation is 2. The van der Waals surface area contributed by atoms with Crippen LogP contribution < -0.4 is 19.7 Å². The zero-order valence-electron chi connectivity index (χ0n) is 15.2. The molecule has 0 aromatic heterocycles. The molecule has 0 saturated heterocycles. The minimum atomic E-state index is -0.265. The molecule has 2 amide bonds. The van der Waals surface area contributed by atoms with Crippen molar-refractivity contribution in [3.63, 3.8) is 0 Å². The molecule has 0 aliphatic carbocycles. The highest BCUT2D eigenvalue weighted by Crippen LogP contribution is 2.34. The maximum Gasteiger partial charge on any atom is 0.265 e. The number of fused-ring (bicyclic) bond motifs is 1. The molecule has 1 aliphatic heterocycles. The minimum Gasteiger partial charge on any atom is -0.483 e.